The van der Waals surface area contributed by atoms with Gasteiger partial charge in [0.05, 0.1) is 0 Å². The van der Waals surface area contributed by atoms with Crippen molar-refractivity contribution in [2.45, 2.75) is 34.7 Å². The Hall–Kier alpha value is -2.73. The number of halogens is 1. The molecule has 1 aliphatic rings. The number of ether oxygens (including phenoxy) is 1. The van der Waals surface area contributed by atoms with Crippen molar-refractivity contribution >= 4 is 20.6 Å². The first kappa shape index (κ1) is 23.4. The molecule has 0 bridgehead atoms. The molecule has 3 N–H and O–H groups in total. The van der Waals surface area contributed by atoms with Crippen LogP contribution >= 0.6 is 0 Å². The van der Waals surface area contributed by atoms with Gasteiger partial charge in [-0.25, -0.2) is 0 Å². The van der Waals surface area contributed by atoms with Crippen LogP contribution < -0.4 is 0 Å². The van der Waals surface area contributed by atoms with Gasteiger partial charge < -0.3 is 0 Å². The number of nitrogens with zero attached hydrogens (tertiary/aromatic N) is 4. The van der Waals surface area contributed by atoms with Gasteiger partial charge in [-0.1, -0.05) is 0 Å². The van der Waals surface area contributed by atoms with Gasteiger partial charge in [0, 0.05) is 0 Å². The average molecular weight is 523 g/mol. The summed E-state index contributed by atoms with van der Waals surface area (Å²) in [6, 6.07) is 11.0. The number of rotatable bonds is 7. The van der Waals surface area contributed by atoms with Crippen LogP contribution in [-0.2, 0) is 10.1 Å². The fraction of sp³-hybridized carbons (Fsp3) is 0.333. The van der Waals surface area contributed by atoms with E-state index in [0.717, 1.165) is 5.56 Å². The first-order valence-electron chi connectivity index (χ1n) is 10.0. The van der Waals surface area contributed by atoms with Crippen molar-refractivity contribution in [2.24, 2.45) is 0 Å². The van der Waals surface area contributed by atoms with E-state index in [9.17, 15) is 29.8 Å². The number of non-ortho nitro benzene ring substituents is 1. The molecule has 0 saturated carbocycles. The predicted molar refractivity (Wildman–Crippen MR) is 115 cm³/mol. The summed E-state index contributed by atoms with van der Waals surface area (Å²) in [6.07, 6.45) is -1.84. The molecule has 10 nitrogen and oxygen atoms in total. The number of hydrogen-bond donors (Lipinski definition) is 3. The van der Waals surface area contributed by atoms with E-state index in [2.05, 4.69) is 10.3 Å². The molecule has 4 rings (SSSR count). The molecule has 2 heterocycles. The fourth-order valence-corrected chi connectivity index (χ4v) is 5.98. The molecule has 33 heavy (non-hydrogen) atoms. The van der Waals surface area contributed by atoms with Crippen LogP contribution in [0.5, 0.6) is 0 Å². The Bertz CT molecular complexity index is 1110. The number of aliphatic hydroxyl groups excluding tert-OH is 3. The van der Waals surface area contributed by atoms with E-state index >= 15 is 0 Å². The summed E-state index contributed by atoms with van der Waals surface area (Å²) >= 11 is -0.326. The Labute approximate surface area is 193 Å². The van der Waals surface area contributed by atoms with Crippen LogP contribution in [-0.4, -0.2) is 80.1 Å². The Balaban J connectivity index is 1.52. The molecule has 0 aliphatic carbocycles. The summed E-state index contributed by atoms with van der Waals surface area (Å²) in [5, 5.41) is 50.1. The van der Waals surface area contributed by atoms with E-state index in [1.807, 2.05) is 0 Å². The number of nitro groups is 1. The van der Waals surface area contributed by atoms with Crippen LogP contribution in [0, 0.1) is 15.9 Å². The van der Waals surface area contributed by atoms with E-state index in [1.165, 1.54) is 35.1 Å². The molecular weight excluding hydrogens is 502 g/mol. The second-order valence-corrected chi connectivity index (χ2v) is 9.81. The van der Waals surface area contributed by atoms with E-state index in [0.29, 0.717) is 16.6 Å². The van der Waals surface area contributed by atoms with E-state index < -0.39 is 46.7 Å². The van der Waals surface area contributed by atoms with Gasteiger partial charge >= 0.3 is 194 Å². The van der Waals surface area contributed by atoms with Gasteiger partial charge in [-0.3, -0.25) is 0 Å². The monoisotopic (exact) mass is 524 g/mol. The van der Waals surface area contributed by atoms with Crippen LogP contribution in [0.4, 0.5) is 10.1 Å². The van der Waals surface area contributed by atoms with E-state index in [1.54, 1.807) is 24.3 Å². The van der Waals surface area contributed by atoms with Gasteiger partial charge in [-0.15, -0.1) is 0 Å². The molecule has 1 fully saturated rings. The Morgan fingerprint density at radius 1 is 1.18 bits per heavy atom. The summed E-state index contributed by atoms with van der Waals surface area (Å²) in [5.41, 5.74) is 1.70. The van der Waals surface area contributed by atoms with Crippen molar-refractivity contribution < 1.29 is 29.4 Å². The quantitative estimate of drug-likeness (QED) is 0.235. The Morgan fingerprint density at radius 2 is 1.94 bits per heavy atom. The van der Waals surface area contributed by atoms with Crippen molar-refractivity contribution in [1.82, 2.24) is 15.0 Å². The van der Waals surface area contributed by atoms with Crippen LogP contribution in [0.2, 0.25) is 0 Å². The Morgan fingerprint density at radius 3 is 2.61 bits per heavy atom. The maximum atomic E-state index is 13.6. The molecule has 12 heteroatoms. The molecule has 0 radical (unpaired) electrons. The topological polar surface area (TPSA) is 144 Å². The van der Waals surface area contributed by atoms with Gasteiger partial charge in [0.1, 0.15) is 0 Å². The zero-order valence-electron chi connectivity index (χ0n) is 17.1. The molecule has 5 atom stereocenters. The average Bonchev–Trinajstić information content (AvgIpc) is 3.29. The zero-order valence-corrected chi connectivity index (χ0v) is 18.9. The zero-order chi connectivity index (χ0) is 23.5. The third-order valence-corrected chi connectivity index (χ3v) is 7.90. The first-order chi connectivity index (χ1) is 15.9. The standard InChI is InChI=1S/C21H21FN4O6Se/c22-14-3-1-2-13(8-14)16-9-25(24-23-16)18-19(28)17(10-27)32-21(20(18)29)33-11-12-4-6-15(7-5-12)26(30)31/h1-9,17-21,27-29H,10-11H2/t17-,18+,19+,20-,21+/m1/s1. The first-order valence-corrected chi connectivity index (χ1v) is 12.2. The van der Waals surface area contributed by atoms with Crippen molar-refractivity contribution in [3.05, 3.63) is 76.2 Å². The van der Waals surface area contributed by atoms with E-state index in [4.69, 9.17) is 4.74 Å². The molecule has 0 unspecified atom stereocenters. The SMILES string of the molecule is O=[N+]([O-])c1ccc(C[Se][C@@H]2O[C@H](CO)[C@H](O)[C@H](n3cc(-c4cccc(F)c4)nn3)[C@H]2O)cc1. The molecule has 3 aromatic rings. The van der Waals surface area contributed by atoms with Crippen LogP contribution in [0.25, 0.3) is 11.3 Å². The van der Waals surface area contributed by atoms with E-state index in [-0.39, 0.29) is 20.6 Å². The molecule has 1 aromatic heterocycles. The minimum atomic E-state index is -1.25. The van der Waals surface area contributed by atoms with Crippen LogP contribution in [0.15, 0.2) is 54.7 Å². The van der Waals surface area contributed by atoms with Crippen molar-refractivity contribution in [3.63, 3.8) is 0 Å². The number of nitro benzene ring substituents is 1. The number of hydrogen-bond acceptors (Lipinski definition) is 8. The number of aromatic nitrogens is 3. The van der Waals surface area contributed by atoms with Crippen molar-refractivity contribution in [1.29, 1.82) is 0 Å². The van der Waals surface area contributed by atoms with Crippen LogP contribution in [0.1, 0.15) is 11.6 Å². The summed E-state index contributed by atoms with van der Waals surface area (Å²) < 4.78 is 20.6. The predicted octanol–water partition coefficient (Wildman–Crippen LogP) is 0.877. The van der Waals surface area contributed by atoms with Gasteiger partial charge in [0.25, 0.3) is 0 Å². The fourth-order valence-electron chi connectivity index (χ4n) is 3.61. The minimum absolute atomic E-state index is 0.0102. The molecule has 1 aliphatic heterocycles. The molecule has 0 spiro atoms. The third kappa shape index (κ3) is 5.11. The van der Waals surface area contributed by atoms with Crippen LogP contribution in [0.3, 0.4) is 0 Å². The number of benzene rings is 2. The maximum absolute atomic E-state index is 13.6. The number of aliphatic hydroxyl groups is 3. The summed E-state index contributed by atoms with van der Waals surface area (Å²) in [4.78, 5) is 10.3. The van der Waals surface area contributed by atoms with Crippen molar-refractivity contribution in [3.8, 4) is 11.3 Å². The second kappa shape index (κ2) is 10.0. The summed E-state index contributed by atoms with van der Waals surface area (Å²) in [7, 11) is 0. The van der Waals surface area contributed by atoms with Crippen molar-refractivity contribution in [2.75, 3.05) is 6.61 Å². The summed E-state index contributed by atoms with van der Waals surface area (Å²) in [5.74, 6) is -0.428. The summed E-state index contributed by atoms with van der Waals surface area (Å²) in [6.45, 7) is -0.458. The van der Waals surface area contributed by atoms with Gasteiger partial charge in [0.2, 0.25) is 0 Å². The molecule has 1 saturated heterocycles. The molecular formula is C21H21FN4O6Se. The second-order valence-electron chi connectivity index (χ2n) is 7.53. The third-order valence-electron chi connectivity index (χ3n) is 5.35. The van der Waals surface area contributed by atoms with Gasteiger partial charge in [-0.05, 0) is 0 Å². The molecule has 2 aromatic carbocycles. The Kier molecular flexibility index (Phi) is 7.13. The normalized spacial score (nSPS) is 25.2. The van der Waals surface area contributed by atoms with Gasteiger partial charge in [0.15, 0.2) is 0 Å². The van der Waals surface area contributed by atoms with Gasteiger partial charge in [-0.2, -0.15) is 0 Å². The molecule has 0 amide bonds. The molecule has 174 valence electrons.